The number of fused-ring (bicyclic) bond motifs is 2. The van der Waals surface area contributed by atoms with Crippen LogP contribution in [0.15, 0.2) is 53.0 Å². The normalized spacial score (nSPS) is 19.3. The highest BCUT2D eigenvalue weighted by atomic mass is 79.9. The van der Waals surface area contributed by atoms with Crippen molar-refractivity contribution in [1.82, 2.24) is 0 Å². The molecule has 1 heterocycles. The van der Waals surface area contributed by atoms with Crippen molar-refractivity contribution in [2.45, 2.75) is 20.0 Å². The highest BCUT2D eigenvalue weighted by molar-refractivity contribution is 9.10. The van der Waals surface area contributed by atoms with Crippen LogP contribution in [-0.4, -0.2) is 13.2 Å². The zero-order valence-electron chi connectivity index (χ0n) is 14.3. The number of hydrogen-bond acceptors (Lipinski definition) is 3. The molecule has 0 atom stereocenters. The van der Waals surface area contributed by atoms with Crippen molar-refractivity contribution in [1.29, 1.82) is 0 Å². The third-order valence-electron chi connectivity index (χ3n) is 4.63. The summed E-state index contributed by atoms with van der Waals surface area (Å²) in [6, 6.07) is 16.4. The summed E-state index contributed by atoms with van der Waals surface area (Å²) in [4.78, 5) is 0. The maximum Gasteiger partial charge on any atom is 0.335 e. The molecule has 0 amide bonds. The van der Waals surface area contributed by atoms with Crippen molar-refractivity contribution >= 4 is 45.1 Å². The summed E-state index contributed by atoms with van der Waals surface area (Å²) < 4.78 is 25.7. The van der Waals surface area contributed by atoms with Gasteiger partial charge in [-0.3, -0.25) is 4.57 Å². The van der Waals surface area contributed by atoms with E-state index in [4.69, 9.17) is 9.05 Å². The molecule has 3 aromatic rings. The van der Waals surface area contributed by atoms with Crippen LogP contribution in [0.1, 0.15) is 19.4 Å². The zero-order chi connectivity index (χ0) is 17.7. The van der Waals surface area contributed by atoms with Gasteiger partial charge in [-0.2, -0.15) is 0 Å². The Kier molecular flexibility index (Phi) is 4.28. The molecule has 4 rings (SSSR count). The first-order chi connectivity index (χ1) is 11.9. The molecule has 1 aliphatic heterocycles. The van der Waals surface area contributed by atoms with Crippen molar-refractivity contribution in [3.05, 3.63) is 58.6 Å². The predicted molar refractivity (Wildman–Crippen MR) is 106 cm³/mol. The van der Waals surface area contributed by atoms with Crippen LogP contribution in [0.3, 0.4) is 0 Å². The lowest BCUT2D eigenvalue weighted by molar-refractivity contribution is 0.0409. The minimum atomic E-state index is -3.15. The minimum Gasteiger partial charge on any atom is -0.308 e. The van der Waals surface area contributed by atoms with E-state index in [1.165, 1.54) is 0 Å². The van der Waals surface area contributed by atoms with Crippen molar-refractivity contribution < 1.29 is 13.6 Å². The highest BCUT2D eigenvalue weighted by Crippen LogP contribution is 2.57. The molecule has 0 bridgehead atoms. The van der Waals surface area contributed by atoms with Crippen LogP contribution in [-0.2, 0) is 19.8 Å². The Labute approximate surface area is 156 Å². The average molecular weight is 419 g/mol. The average Bonchev–Trinajstić information content (AvgIpc) is 2.62. The van der Waals surface area contributed by atoms with Gasteiger partial charge in [0.05, 0.1) is 19.4 Å². The van der Waals surface area contributed by atoms with E-state index in [0.717, 1.165) is 31.6 Å². The van der Waals surface area contributed by atoms with Crippen molar-refractivity contribution in [2.24, 2.45) is 5.41 Å². The minimum absolute atomic E-state index is 0.0994. The molecule has 3 nitrogen and oxygen atoms in total. The molecule has 0 aliphatic carbocycles. The summed E-state index contributed by atoms with van der Waals surface area (Å²) >= 11 is 3.74. The van der Waals surface area contributed by atoms with E-state index >= 15 is 0 Å². The van der Waals surface area contributed by atoms with E-state index in [9.17, 15) is 4.57 Å². The van der Waals surface area contributed by atoms with E-state index in [-0.39, 0.29) is 11.6 Å². The molecule has 1 saturated heterocycles. The van der Waals surface area contributed by atoms with Gasteiger partial charge in [-0.1, -0.05) is 62.4 Å². The topological polar surface area (TPSA) is 35.5 Å². The van der Waals surface area contributed by atoms with Gasteiger partial charge in [0.2, 0.25) is 0 Å². The summed E-state index contributed by atoms with van der Waals surface area (Å²) in [6.07, 6.45) is 0.289. The Morgan fingerprint density at radius 2 is 1.36 bits per heavy atom. The van der Waals surface area contributed by atoms with Crippen LogP contribution in [0.4, 0.5) is 0 Å². The second-order valence-corrected chi connectivity index (χ2v) is 10.2. The summed E-state index contributed by atoms with van der Waals surface area (Å²) in [5.41, 5.74) is 0.926. The van der Waals surface area contributed by atoms with Gasteiger partial charge in [-0.25, -0.2) is 0 Å². The van der Waals surface area contributed by atoms with Crippen LogP contribution >= 0.6 is 23.5 Å². The molecule has 130 valence electrons. The van der Waals surface area contributed by atoms with Gasteiger partial charge in [0, 0.05) is 9.89 Å². The lowest BCUT2D eigenvalue weighted by Gasteiger charge is -2.34. The molecule has 3 aromatic carbocycles. The summed E-state index contributed by atoms with van der Waals surface area (Å²) in [5, 5.41) is 4.39. The van der Waals surface area contributed by atoms with Crippen LogP contribution in [0.2, 0.25) is 0 Å². The fraction of sp³-hybridized carbons (Fsp3) is 0.300. The summed E-state index contributed by atoms with van der Waals surface area (Å²) in [5.74, 6) is 0. The SMILES string of the molecule is CC1(C)COP(=O)(Cc2c3ccccc3c(Br)c3ccccc23)OC1. The van der Waals surface area contributed by atoms with Gasteiger partial charge in [-0.05, 0) is 43.0 Å². The lowest BCUT2D eigenvalue weighted by atomic mass is 9.97. The first-order valence-corrected chi connectivity index (χ1v) is 10.9. The first-order valence-electron chi connectivity index (χ1n) is 8.35. The smallest absolute Gasteiger partial charge is 0.308 e. The zero-order valence-corrected chi connectivity index (χ0v) is 16.8. The van der Waals surface area contributed by atoms with Crippen molar-refractivity contribution in [3.63, 3.8) is 0 Å². The van der Waals surface area contributed by atoms with Gasteiger partial charge in [0.15, 0.2) is 0 Å². The van der Waals surface area contributed by atoms with Crippen LogP contribution in [0.25, 0.3) is 21.5 Å². The molecule has 5 heteroatoms. The Morgan fingerprint density at radius 1 is 0.920 bits per heavy atom. The van der Waals surface area contributed by atoms with Crippen molar-refractivity contribution in [2.75, 3.05) is 13.2 Å². The Hall–Kier alpha value is -1.19. The largest absolute Gasteiger partial charge is 0.335 e. The molecule has 0 radical (unpaired) electrons. The number of halogens is 1. The molecule has 0 spiro atoms. The fourth-order valence-electron chi connectivity index (χ4n) is 3.25. The molecule has 0 saturated carbocycles. The Bertz CT molecular complexity index is 941. The van der Waals surface area contributed by atoms with Crippen LogP contribution < -0.4 is 0 Å². The maximum atomic E-state index is 13.2. The molecule has 0 N–H and O–H groups in total. The standard InChI is InChI=1S/C20H20BrO3P/c1-20(2)12-23-25(22,24-13-20)11-18-14-7-3-5-9-16(14)19(21)17-10-6-4-8-15(17)18/h3-10H,11-13H2,1-2H3. The van der Waals surface area contributed by atoms with E-state index in [0.29, 0.717) is 13.2 Å². The quantitative estimate of drug-likeness (QED) is 0.350. The summed E-state index contributed by atoms with van der Waals surface area (Å²) in [7, 11) is -3.15. The number of hydrogen-bond donors (Lipinski definition) is 0. The number of benzene rings is 3. The molecular formula is C20H20BrO3P. The van der Waals surface area contributed by atoms with Gasteiger partial charge in [-0.15, -0.1) is 0 Å². The van der Waals surface area contributed by atoms with Gasteiger partial charge < -0.3 is 9.05 Å². The highest BCUT2D eigenvalue weighted by Gasteiger charge is 2.37. The molecule has 1 aliphatic rings. The van der Waals surface area contributed by atoms with Crippen LogP contribution in [0.5, 0.6) is 0 Å². The van der Waals surface area contributed by atoms with Crippen LogP contribution in [0, 0.1) is 5.41 Å². The third kappa shape index (κ3) is 3.17. The molecule has 0 unspecified atom stereocenters. The van der Waals surface area contributed by atoms with Gasteiger partial charge in [0.25, 0.3) is 0 Å². The second kappa shape index (κ2) is 6.21. The van der Waals surface area contributed by atoms with E-state index < -0.39 is 7.60 Å². The fourth-order valence-corrected chi connectivity index (χ4v) is 6.01. The maximum absolute atomic E-state index is 13.2. The Balaban J connectivity index is 1.88. The molecule has 0 aromatic heterocycles. The third-order valence-corrected chi connectivity index (χ3v) is 7.24. The molecule has 1 fully saturated rings. The number of rotatable bonds is 2. The second-order valence-electron chi connectivity index (χ2n) is 7.36. The lowest BCUT2D eigenvalue weighted by Crippen LogP contribution is -2.29. The predicted octanol–water partition coefficient (Wildman–Crippen LogP) is 6.52. The van der Waals surface area contributed by atoms with Crippen molar-refractivity contribution in [3.8, 4) is 0 Å². The van der Waals surface area contributed by atoms with E-state index in [2.05, 4.69) is 54.0 Å². The van der Waals surface area contributed by atoms with E-state index in [1.54, 1.807) is 0 Å². The molecule has 25 heavy (non-hydrogen) atoms. The first kappa shape index (κ1) is 17.2. The summed E-state index contributed by atoms with van der Waals surface area (Å²) in [6.45, 7) is 5.02. The Morgan fingerprint density at radius 3 is 1.84 bits per heavy atom. The van der Waals surface area contributed by atoms with Gasteiger partial charge >= 0.3 is 7.60 Å². The molecular weight excluding hydrogens is 399 g/mol. The monoisotopic (exact) mass is 418 g/mol. The van der Waals surface area contributed by atoms with Gasteiger partial charge in [0.1, 0.15) is 0 Å². The van der Waals surface area contributed by atoms with E-state index in [1.807, 2.05) is 24.3 Å².